The molecule has 1 aromatic rings. The summed E-state index contributed by atoms with van der Waals surface area (Å²) in [5, 5.41) is 4.44. The monoisotopic (exact) mass is 261 g/mol. The van der Waals surface area contributed by atoms with Crippen LogP contribution in [0.3, 0.4) is 0 Å². The lowest BCUT2D eigenvalue weighted by Crippen LogP contribution is -2.44. The topological polar surface area (TPSA) is 30.5 Å². The summed E-state index contributed by atoms with van der Waals surface area (Å²) in [6, 6.07) is 5.42. The van der Waals surface area contributed by atoms with Gasteiger partial charge in [-0.2, -0.15) is 0 Å². The second-order valence-electron chi connectivity index (χ2n) is 3.61. The maximum atomic E-state index is 5.99. The van der Waals surface area contributed by atoms with Crippen molar-refractivity contribution in [1.29, 1.82) is 0 Å². The predicted octanol–water partition coefficient (Wildman–Crippen LogP) is 2.36. The minimum absolute atomic E-state index is 0.223. The predicted molar refractivity (Wildman–Crippen MR) is 64.6 cm³/mol. The first-order valence-corrected chi connectivity index (χ1v) is 5.90. The number of rotatable bonds is 3. The Labute approximate surface area is 105 Å². The minimum Gasteiger partial charge on any atom is -0.490 e. The van der Waals surface area contributed by atoms with Gasteiger partial charge in [0.1, 0.15) is 12.4 Å². The molecule has 0 saturated carbocycles. The Bertz CT molecular complexity index is 354. The molecule has 5 heteroatoms. The molecule has 1 aliphatic rings. The number of hydrogen-bond donors (Lipinski definition) is 1. The van der Waals surface area contributed by atoms with E-state index in [0.717, 1.165) is 13.2 Å². The highest BCUT2D eigenvalue weighted by atomic mass is 35.5. The van der Waals surface area contributed by atoms with Crippen molar-refractivity contribution in [2.75, 3.05) is 26.4 Å². The number of benzene rings is 1. The van der Waals surface area contributed by atoms with Crippen LogP contribution in [0.25, 0.3) is 0 Å². The second-order valence-corrected chi connectivity index (χ2v) is 4.46. The van der Waals surface area contributed by atoms with E-state index in [9.17, 15) is 0 Å². The molecule has 1 unspecified atom stereocenters. The minimum atomic E-state index is 0.223. The van der Waals surface area contributed by atoms with Crippen molar-refractivity contribution in [2.24, 2.45) is 0 Å². The third-order valence-electron chi connectivity index (χ3n) is 2.33. The van der Waals surface area contributed by atoms with E-state index in [4.69, 9.17) is 32.7 Å². The Hall–Kier alpha value is -0.480. The van der Waals surface area contributed by atoms with Crippen molar-refractivity contribution in [1.82, 2.24) is 5.32 Å². The summed E-state index contributed by atoms with van der Waals surface area (Å²) in [6.07, 6.45) is 0. The smallest absolute Gasteiger partial charge is 0.138 e. The standard InChI is InChI=1S/C11H13Cl2NO2/c12-8-1-2-11(10(13)5-8)16-7-9-6-15-4-3-14-9/h1-2,5,9,14H,3-4,6-7H2. The van der Waals surface area contributed by atoms with Crippen molar-refractivity contribution < 1.29 is 9.47 Å². The maximum Gasteiger partial charge on any atom is 0.138 e. The van der Waals surface area contributed by atoms with Crippen LogP contribution in [-0.2, 0) is 4.74 Å². The van der Waals surface area contributed by atoms with Gasteiger partial charge in [-0.15, -0.1) is 0 Å². The molecule has 2 rings (SSSR count). The molecule has 1 fully saturated rings. The number of nitrogens with one attached hydrogen (secondary N) is 1. The van der Waals surface area contributed by atoms with Crippen molar-refractivity contribution in [3.8, 4) is 5.75 Å². The molecule has 1 heterocycles. The first kappa shape index (κ1) is 12.0. The van der Waals surface area contributed by atoms with E-state index in [1.807, 2.05) is 0 Å². The first-order chi connectivity index (χ1) is 7.75. The van der Waals surface area contributed by atoms with Crippen LogP contribution in [0.2, 0.25) is 10.0 Å². The van der Waals surface area contributed by atoms with Crippen LogP contribution in [0.4, 0.5) is 0 Å². The van der Waals surface area contributed by atoms with Gasteiger partial charge >= 0.3 is 0 Å². The number of halogens is 2. The Morgan fingerprint density at radius 1 is 1.44 bits per heavy atom. The van der Waals surface area contributed by atoms with E-state index in [2.05, 4.69) is 5.32 Å². The summed E-state index contributed by atoms with van der Waals surface area (Å²) in [7, 11) is 0. The van der Waals surface area contributed by atoms with Gasteiger partial charge in [0, 0.05) is 11.6 Å². The van der Waals surface area contributed by atoms with Crippen LogP contribution in [0.5, 0.6) is 5.75 Å². The van der Waals surface area contributed by atoms with E-state index < -0.39 is 0 Å². The van der Waals surface area contributed by atoms with E-state index >= 15 is 0 Å². The third kappa shape index (κ3) is 3.25. The molecule has 1 aromatic carbocycles. The summed E-state index contributed by atoms with van der Waals surface area (Å²) in [5.41, 5.74) is 0. The molecule has 1 N–H and O–H groups in total. The average molecular weight is 262 g/mol. The number of morpholine rings is 1. The zero-order valence-electron chi connectivity index (χ0n) is 8.71. The molecule has 3 nitrogen and oxygen atoms in total. The van der Waals surface area contributed by atoms with Crippen LogP contribution < -0.4 is 10.1 Å². The normalized spacial score (nSPS) is 20.8. The molecular weight excluding hydrogens is 249 g/mol. The molecule has 0 radical (unpaired) electrons. The molecule has 0 amide bonds. The van der Waals surface area contributed by atoms with Crippen molar-refractivity contribution in [3.05, 3.63) is 28.2 Å². The fourth-order valence-electron chi connectivity index (χ4n) is 1.51. The third-order valence-corrected chi connectivity index (χ3v) is 2.86. The van der Waals surface area contributed by atoms with E-state index in [1.165, 1.54) is 0 Å². The SMILES string of the molecule is Clc1ccc(OCC2COCCN2)c(Cl)c1. The van der Waals surface area contributed by atoms with E-state index in [1.54, 1.807) is 18.2 Å². The highest BCUT2D eigenvalue weighted by molar-refractivity contribution is 6.35. The summed E-state index contributed by atoms with van der Waals surface area (Å²) in [5.74, 6) is 0.651. The summed E-state index contributed by atoms with van der Waals surface area (Å²) in [4.78, 5) is 0. The molecule has 0 aliphatic carbocycles. The molecule has 0 spiro atoms. The maximum absolute atomic E-state index is 5.99. The Morgan fingerprint density at radius 3 is 3.00 bits per heavy atom. The first-order valence-electron chi connectivity index (χ1n) is 5.14. The highest BCUT2D eigenvalue weighted by Gasteiger charge is 2.14. The average Bonchev–Trinajstić information content (AvgIpc) is 2.29. The van der Waals surface area contributed by atoms with Gasteiger partial charge in [-0.3, -0.25) is 0 Å². The van der Waals surface area contributed by atoms with Crippen molar-refractivity contribution >= 4 is 23.2 Å². The van der Waals surface area contributed by atoms with Crippen molar-refractivity contribution in [2.45, 2.75) is 6.04 Å². The lowest BCUT2D eigenvalue weighted by atomic mass is 10.3. The van der Waals surface area contributed by atoms with Crippen LogP contribution >= 0.6 is 23.2 Å². The van der Waals surface area contributed by atoms with Gasteiger partial charge in [0.25, 0.3) is 0 Å². The van der Waals surface area contributed by atoms with Crippen molar-refractivity contribution in [3.63, 3.8) is 0 Å². The zero-order chi connectivity index (χ0) is 11.4. The molecule has 0 bridgehead atoms. The van der Waals surface area contributed by atoms with Gasteiger partial charge in [-0.25, -0.2) is 0 Å². The number of hydrogen-bond acceptors (Lipinski definition) is 3. The Morgan fingerprint density at radius 2 is 2.31 bits per heavy atom. The largest absolute Gasteiger partial charge is 0.490 e. The molecular formula is C11H13Cl2NO2. The molecule has 1 aliphatic heterocycles. The van der Waals surface area contributed by atoms with Crippen LogP contribution in [0.1, 0.15) is 0 Å². The van der Waals surface area contributed by atoms with Crippen LogP contribution in [0.15, 0.2) is 18.2 Å². The molecule has 16 heavy (non-hydrogen) atoms. The Balaban J connectivity index is 1.88. The van der Waals surface area contributed by atoms with Gasteiger partial charge in [-0.1, -0.05) is 23.2 Å². The summed E-state index contributed by atoms with van der Waals surface area (Å²) >= 11 is 11.8. The molecule has 1 saturated heterocycles. The van der Waals surface area contributed by atoms with Gasteiger partial charge < -0.3 is 14.8 Å². The van der Waals surface area contributed by atoms with Gasteiger partial charge in [0.2, 0.25) is 0 Å². The fraction of sp³-hybridized carbons (Fsp3) is 0.455. The van der Waals surface area contributed by atoms with E-state index in [-0.39, 0.29) is 6.04 Å². The number of ether oxygens (including phenoxy) is 2. The fourth-order valence-corrected chi connectivity index (χ4v) is 1.97. The summed E-state index contributed by atoms with van der Waals surface area (Å²) in [6.45, 7) is 2.84. The quantitative estimate of drug-likeness (QED) is 0.907. The zero-order valence-corrected chi connectivity index (χ0v) is 10.2. The second kappa shape index (κ2) is 5.73. The van der Waals surface area contributed by atoms with E-state index in [0.29, 0.717) is 29.0 Å². The Kier molecular flexibility index (Phi) is 4.29. The van der Waals surface area contributed by atoms with Gasteiger partial charge in [-0.05, 0) is 18.2 Å². The molecule has 0 aromatic heterocycles. The lowest BCUT2D eigenvalue weighted by Gasteiger charge is -2.23. The van der Waals surface area contributed by atoms with Crippen LogP contribution in [0, 0.1) is 0 Å². The lowest BCUT2D eigenvalue weighted by molar-refractivity contribution is 0.0593. The molecule has 1 atom stereocenters. The van der Waals surface area contributed by atoms with Crippen LogP contribution in [-0.4, -0.2) is 32.4 Å². The summed E-state index contributed by atoms with van der Waals surface area (Å²) < 4.78 is 10.9. The van der Waals surface area contributed by atoms with Gasteiger partial charge in [0.05, 0.1) is 24.3 Å². The molecule has 88 valence electrons. The van der Waals surface area contributed by atoms with Gasteiger partial charge in [0.15, 0.2) is 0 Å². The highest BCUT2D eigenvalue weighted by Crippen LogP contribution is 2.27.